The van der Waals surface area contributed by atoms with Gasteiger partial charge in [0, 0.05) is 0 Å². The Morgan fingerprint density at radius 2 is 1.83 bits per heavy atom. The summed E-state index contributed by atoms with van der Waals surface area (Å²) in [4.78, 5) is 0.170. The van der Waals surface area contributed by atoms with Crippen LogP contribution in [0.1, 0.15) is 20.3 Å². The van der Waals surface area contributed by atoms with Crippen LogP contribution in [0.15, 0.2) is 59.2 Å². The van der Waals surface area contributed by atoms with Gasteiger partial charge < -0.3 is 4.18 Å². The van der Waals surface area contributed by atoms with E-state index in [-0.39, 0.29) is 10.3 Å². The van der Waals surface area contributed by atoms with E-state index in [0.29, 0.717) is 5.76 Å². The predicted octanol–water partition coefficient (Wildman–Crippen LogP) is 3.26. The Balaban J connectivity index is 2.17. The van der Waals surface area contributed by atoms with Crippen LogP contribution in [0.4, 0.5) is 0 Å². The van der Waals surface area contributed by atoms with Crippen molar-refractivity contribution in [2.45, 2.75) is 25.2 Å². The molecule has 0 fully saturated rings. The molecule has 1 aromatic carbocycles. The number of hydrogen-bond acceptors (Lipinski definition) is 3. The molecule has 0 saturated carbocycles. The zero-order chi connectivity index (χ0) is 13.2. The SMILES string of the molecule is CC1(C)C=CC(OS(=O)(=O)c2ccccc2)=CC1. The van der Waals surface area contributed by atoms with Crippen LogP contribution in [0, 0.1) is 5.41 Å². The lowest BCUT2D eigenvalue weighted by Gasteiger charge is -2.22. The number of hydrogen-bond donors (Lipinski definition) is 0. The highest BCUT2D eigenvalue weighted by atomic mass is 32.2. The van der Waals surface area contributed by atoms with E-state index in [1.54, 1.807) is 30.4 Å². The van der Waals surface area contributed by atoms with E-state index in [2.05, 4.69) is 13.8 Å². The molecule has 0 unspecified atom stereocenters. The molecule has 1 aliphatic rings. The molecule has 0 N–H and O–H groups in total. The minimum atomic E-state index is -3.72. The van der Waals surface area contributed by atoms with E-state index >= 15 is 0 Å². The summed E-state index contributed by atoms with van der Waals surface area (Å²) in [6.45, 7) is 4.17. The molecule has 96 valence electrons. The van der Waals surface area contributed by atoms with Gasteiger partial charge in [0.1, 0.15) is 10.7 Å². The molecular weight excluding hydrogens is 248 g/mol. The van der Waals surface area contributed by atoms with Crippen LogP contribution in [-0.2, 0) is 14.3 Å². The molecule has 0 spiro atoms. The van der Waals surface area contributed by atoms with Crippen molar-refractivity contribution in [1.29, 1.82) is 0 Å². The van der Waals surface area contributed by atoms with E-state index in [1.165, 1.54) is 12.1 Å². The molecule has 0 aliphatic heterocycles. The van der Waals surface area contributed by atoms with Crippen LogP contribution in [0.5, 0.6) is 0 Å². The monoisotopic (exact) mass is 264 g/mol. The second kappa shape index (κ2) is 4.61. The average molecular weight is 264 g/mol. The lowest BCUT2D eigenvalue weighted by molar-refractivity contribution is 0.399. The van der Waals surface area contributed by atoms with Gasteiger partial charge in [-0.2, -0.15) is 8.42 Å². The third-order valence-corrected chi connectivity index (χ3v) is 4.03. The average Bonchev–Trinajstić information content (AvgIpc) is 2.33. The smallest absolute Gasteiger partial charge is 0.339 e. The predicted molar refractivity (Wildman–Crippen MR) is 70.3 cm³/mol. The highest BCUT2D eigenvalue weighted by molar-refractivity contribution is 7.86. The Morgan fingerprint density at radius 3 is 2.39 bits per heavy atom. The van der Waals surface area contributed by atoms with E-state index in [4.69, 9.17) is 4.18 Å². The molecule has 0 aromatic heterocycles. The van der Waals surface area contributed by atoms with Crippen molar-refractivity contribution < 1.29 is 12.6 Å². The first-order chi connectivity index (χ1) is 8.39. The summed E-state index contributed by atoms with van der Waals surface area (Å²) in [6, 6.07) is 8.15. The van der Waals surface area contributed by atoms with Gasteiger partial charge in [-0.1, -0.05) is 38.1 Å². The van der Waals surface area contributed by atoms with Gasteiger partial charge >= 0.3 is 10.1 Å². The van der Waals surface area contributed by atoms with Gasteiger partial charge in [-0.15, -0.1) is 0 Å². The molecule has 18 heavy (non-hydrogen) atoms. The summed E-state index contributed by atoms with van der Waals surface area (Å²) >= 11 is 0. The number of allylic oxidation sites excluding steroid dienone is 3. The first kappa shape index (κ1) is 12.9. The first-order valence-corrected chi connectivity index (χ1v) is 7.19. The fourth-order valence-electron chi connectivity index (χ4n) is 1.63. The van der Waals surface area contributed by atoms with Gasteiger partial charge in [-0.05, 0) is 36.1 Å². The van der Waals surface area contributed by atoms with Gasteiger partial charge in [-0.3, -0.25) is 0 Å². The van der Waals surface area contributed by atoms with E-state index in [1.807, 2.05) is 6.08 Å². The maximum absolute atomic E-state index is 12.0. The third-order valence-electron chi connectivity index (χ3n) is 2.77. The third kappa shape index (κ3) is 3.01. The Bertz CT molecular complexity index is 581. The van der Waals surface area contributed by atoms with Gasteiger partial charge in [0.2, 0.25) is 0 Å². The molecule has 0 heterocycles. The Morgan fingerprint density at radius 1 is 1.17 bits per heavy atom. The van der Waals surface area contributed by atoms with E-state index in [9.17, 15) is 8.42 Å². The van der Waals surface area contributed by atoms with Crippen molar-refractivity contribution in [3.8, 4) is 0 Å². The minimum Gasteiger partial charge on any atom is -0.379 e. The molecule has 0 atom stereocenters. The standard InChI is InChI=1S/C14H16O3S/c1-14(2)10-8-12(9-11-14)17-18(15,16)13-6-4-3-5-7-13/h3-10H,11H2,1-2H3. The molecule has 1 aromatic rings. The molecule has 0 amide bonds. The van der Waals surface area contributed by atoms with Crippen molar-refractivity contribution in [3.05, 3.63) is 54.3 Å². The maximum atomic E-state index is 12.0. The Hall–Kier alpha value is -1.55. The maximum Gasteiger partial charge on any atom is 0.339 e. The zero-order valence-electron chi connectivity index (χ0n) is 10.5. The fourth-order valence-corrected chi connectivity index (χ4v) is 2.59. The summed E-state index contributed by atoms with van der Waals surface area (Å²) in [5.41, 5.74) is 0.0589. The van der Waals surface area contributed by atoms with Crippen LogP contribution in [0.2, 0.25) is 0 Å². The number of benzene rings is 1. The topological polar surface area (TPSA) is 43.4 Å². The van der Waals surface area contributed by atoms with Crippen LogP contribution in [0.3, 0.4) is 0 Å². The normalized spacial score (nSPS) is 18.2. The van der Waals surface area contributed by atoms with Crippen molar-refractivity contribution >= 4 is 10.1 Å². The summed E-state index contributed by atoms with van der Waals surface area (Å²) in [5.74, 6) is 0.387. The van der Waals surface area contributed by atoms with Crippen LogP contribution in [-0.4, -0.2) is 8.42 Å². The zero-order valence-corrected chi connectivity index (χ0v) is 11.3. The molecule has 0 radical (unpaired) electrons. The van der Waals surface area contributed by atoms with Gasteiger partial charge in [0.05, 0.1) is 0 Å². The second-order valence-electron chi connectivity index (χ2n) is 4.98. The lowest BCUT2D eigenvalue weighted by Crippen LogP contribution is -2.12. The summed E-state index contributed by atoms with van der Waals surface area (Å²) in [5, 5.41) is 0. The molecule has 1 aliphatic carbocycles. The molecule has 0 bridgehead atoms. The summed E-state index contributed by atoms with van der Waals surface area (Å²) in [6.07, 6.45) is 6.25. The molecule has 0 saturated heterocycles. The quantitative estimate of drug-likeness (QED) is 0.787. The first-order valence-electron chi connectivity index (χ1n) is 5.78. The Kier molecular flexibility index (Phi) is 3.30. The second-order valence-corrected chi connectivity index (χ2v) is 6.53. The summed E-state index contributed by atoms with van der Waals surface area (Å²) < 4.78 is 29.0. The van der Waals surface area contributed by atoms with E-state index in [0.717, 1.165) is 6.42 Å². The molecular formula is C14H16O3S. The largest absolute Gasteiger partial charge is 0.379 e. The van der Waals surface area contributed by atoms with Crippen LogP contribution in [0.25, 0.3) is 0 Å². The minimum absolute atomic E-state index is 0.0589. The fraction of sp³-hybridized carbons (Fsp3) is 0.286. The van der Waals surface area contributed by atoms with Crippen molar-refractivity contribution in [2.24, 2.45) is 5.41 Å². The van der Waals surface area contributed by atoms with Crippen LogP contribution >= 0.6 is 0 Å². The van der Waals surface area contributed by atoms with Crippen molar-refractivity contribution in [1.82, 2.24) is 0 Å². The lowest BCUT2D eigenvalue weighted by atomic mass is 9.86. The van der Waals surface area contributed by atoms with Crippen molar-refractivity contribution in [2.75, 3.05) is 0 Å². The highest BCUT2D eigenvalue weighted by Crippen LogP contribution is 2.29. The molecule has 2 rings (SSSR count). The highest BCUT2D eigenvalue weighted by Gasteiger charge is 2.21. The van der Waals surface area contributed by atoms with Gasteiger partial charge in [-0.25, -0.2) is 0 Å². The van der Waals surface area contributed by atoms with Crippen molar-refractivity contribution in [3.63, 3.8) is 0 Å². The Labute approximate surface area is 108 Å². The van der Waals surface area contributed by atoms with E-state index < -0.39 is 10.1 Å². The van der Waals surface area contributed by atoms with Gasteiger partial charge in [0.15, 0.2) is 0 Å². The van der Waals surface area contributed by atoms with Gasteiger partial charge in [0.25, 0.3) is 0 Å². The molecule has 3 nitrogen and oxygen atoms in total. The van der Waals surface area contributed by atoms with Crippen LogP contribution < -0.4 is 0 Å². The summed E-state index contributed by atoms with van der Waals surface area (Å²) in [7, 11) is -3.72. The molecule has 4 heteroatoms. The number of rotatable bonds is 3.